The van der Waals surface area contributed by atoms with Crippen molar-refractivity contribution in [2.45, 2.75) is 31.6 Å². The molecule has 27 heavy (non-hydrogen) atoms. The molecule has 0 spiro atoms. The van der Waals surface area contributed by atoms with Gasteiger partial charge in [0.2, 0.25) is 0 Å². The molecule has 1 aliphatic heterocycles. The molecule has 0 aliphatic carbocycles. The van der Waals surface area contributed by atoms with E-state index < -0.39 is 6.61 Å². The number of hydrogen-bond acceptors (Lipinski definition) is 3. The molecule has 4 nitrogen and oxygen atoms in total. The highest BCUT2D eigenvalue weighted by atomic mass is 32.1. The first kappa shape index (κ1) is 19.5. The van der Waals surface area contributed by atoms with Crippen LogP contribution < -0.4 is 15.4 Å². The van der Waals surface area contributed by atoms with Gasteiger partial charge < -0.3 is 20.1 Å². The monoisotopic (exact) mass is 392 g/mol. The molecular formula is C20H22F2N2O2S. The van der Waals surface area contributed by atoms with E-state index in [-0.39, 0.29) is 17.9 Å². The normalized spacial score (nSPS) is 17.5. The van der Waals surface area contributed by atoms with Gasteiger partial charge in [0.05, 0.1) is 12.1 Å². The zero-order chi connectivity index (χ0) is 19.1. The first-order valence-corrected chi connectivity index (χ1v) is 9.28. The number of halogens is 2. The van der Waals surface area contributed by atoms with Gasteiger partial charge in [-0.1, -0.05) is 42.5 Å². The number of rotatable bonds is 7. The highest BCUT2D eigenvalue weighted by Gasteiger charge is 2.18. The Morgan fingerprint density at radius 2 is 1.81 bits per heavy atom. The number of ether oxygens (including phenoxy) is 2. The number of hydrogen-bond donors (Lipinski definition) is 2. The molecular weight excluding hydrogens is 370 g/mol. The van der Waals surface area contributed by atoms with Crippen LogP contribution in [0.25, 0.3) is 0 Å². The SMILES string of the molecule is FC(F)Oc1ccc([C@H](NC(=S)NC[C@H]2CCCO2)c2ccccc2)cc1. The zero-order valence-corrected chi connectivity index (χ0v) is 15.6. The van der Waals surface area contributed by atoms with Crippen LogP contribution in [0.15, 0.2) is 54.6 Å². The summed E-state index contributed by atoms with van der Waals surface area (Å²) < 4.78 is 34.7. The Kier molecular flexibility index (Phi) is 6.95. The Hall–Kier alpha value is -2.25. The van der Waals surface area contributed by atoms with Gasteiger partial charge in [0, 0.05) is 13.2 Å². The summed E-state index contributed by atoms with van der Waals surface area (Å²) in [4.78, 5) is 0. The number of nitrogens with one attached hydrogen (secondary N) is 2. The van der Waals surface area contributed by atoms with E-state index in [2.05, 4.69) is 15.4 Å². The minimum absolute atomic E-state index is 0.125. The first-order chi connectivity index (χ1) is 13.1. The molecule has 2 N–H and O–H groups in total. The summed E-state index contributed by atoms with van der Waals surface area (Å²) in [6.45, 7) is -1.38. The van der Waals surface area contributed by atoms with Crippen molar-refractivity contribution in [2.75, 3.05) is 13.2 Å². The van der Waals surface area contributed by atoms with E-state index in [1.54, 1.807) is 12.1 Å². The smallest absolute Gasteiger partial charge is 0.387 e. The Morgan fingerprint density at radius 3 is 2.44 bits per heavy atom. The second-order valence-corrected chi connectivity index (χ2v) is 6.69. The quantitative estimate of drug-likeness (QED) is 0.697. The van der Waals surface area contributed by atoms with Gasteiger partial charge in [-0.3, -0.25) is 0 Å². The molecule has 3 rings (SSSR count). The molecule has 1 heterocycles. The third kappa shape index (κ3) is 5.87. The van der Waals surface area contributed by atoms with Gasteiger partial charge in [-0.2, -0.15) is 8.78 Å². The van der Waals surface area contributed by atoms with Crippen molar-refractivity contribution >= 4 is 17.3 Å². The average Bonchev–Trinajstić information content (AvgIpc) is 3.19. The lowest BCUT2D eigenvalue weighted by Gasteiger charge is -2.23. The fourth-order valence-corrected chi connectivity index (χ4v) is 3.24. The van der Waals surface area contributed by atoms with E-state index in [1.807, 2.05) is 30.3 Å². The third-order valence-electron chi connectivity index (χ3n) is 4.36. The Bertz CT molecular complexity index is 723. The molecule has 0 bridgehead atoms. The Morgan fingerprint density at radius 1 is 1.11 bits per heavy atom. The van der Waals surface area contributed by atoms with Crippen LogP contribution in [0.2, 0.25) is 0 Å². The summed E-state index contributed by atoms with van der Waals surface area (Å²) in [6.07, 6.45) is 2.29. The van der Waals surface area contributed by atoms with Crippen LogP contribution in [0, 0.1) is 0 Å². The maximum absolute atomic E-state index is 12.4. The third-order valence-corrected chi connectivity index (χ3v) is 4.62. The second kappa shape index (κ2) is 9.62. The predicted octanol–water partition coefficient (Wildman–Crippen LogP) is 4.02. The van der Waals surface area contributed by atoms with Crippen molar-refractivity contribution in [3.05, 3.63) is 65.7 Å². The number of benzene rings is 2. The Balaban J connectivity index is 1.70. The average molecular weight is 392 g/mol. The molecule has 0 radical (unpaired) electrons. The molecule has 1 aliphatic rings. The molecule has 2 aromatic carbocycles. The lowest BCUT2D eigenvalue weighted by molar-refractivity contribution is -0.0498. The maximum Gasteiger partial charge on any atom is 0.387 e. The topological polar surface area (TPSA) is 42.5 Å². The zero-order valence-electron chi connectivity index (χ0n) is 14.7. The molecule has 1 saturated heterocycles. The molecule has 0 unspecified atom stereocenters. The predicted molar refractivity (Wildman–Crippen MR) is 104 cm³/mol. The van der Waals surface area contributed by atoms with Crippen molar-refractivity contribution < 1.29 is 18.3 Å². The minimum atomic E-state index is -2.84. The van der Waals surface area contributed by atoms with Crippen molar-refractivity contribution in [1.29, 1.82) is 0 Å². The van der Waals surface area contributed by atoms with Crippen LogP contribution in [0.5, 0.6) is 5.75 Å². The van der Waals surface area contributed by atoms with Gasteiger partial charge in [-0.25, -0.2) is 0 Å². The highest BCUT2D eigenvalue weighted by molar-refractivity contribution is 7.80. The molecule has 1 fully saturated rings. The van der Waals surface area contributed by atoms with Crippen molar-refractivity contribution in [2.24, 2.45) is 0 Å². The van der Waals surface area contributed by atoms with Gasteiger partial charge in [0.15, 0.2) is 5.11 Å². The van der Waals surface area contributed by atoms with E-state index in [0.717, 1.165) is 30.6 Å². The van der Waals surface area contributed by atoms with Crippen LogP contribution in [-0.4, -0.2) is 31.0 Å². The van der Waals surface area contributed by atoms with Crippen LogP contribution in [0.4, 0.5) is 8.78 Å². The summed E-state index contributed by atoms with van der Waals surface area (Å²) in [5.41, 5.74) is 1.91. The lowest BCUT2D eigenvalue weighted by Crippen LogP contribution is -2.41. The van der Waals surface area contributed by atoms with Gasteiger partial charge in [0.1, 0.15) is 5.75 Å². The van der Waals surface area contributed by atoms with Gasteiger partial charge >= 0.3 is 6.61 Å². The maximum atomic E-state index is 12.4. The van der Waals surface area contributed by atoms with Crippen LogP contribution in [-0.2, 0) is 4.74 Å². The van der Waals surface area contributed by atoms with Crippen LogP contribution in [0.1, 0.15) is 30.0 Å². The summed E-state index contributed by atoms with van der Waals surface area (Å²) in [6, 6.07) is 16.2. The molecule has 2 aromatic rings. The Labute approximate surface area is 162 Å². The summed E-state index contributed by atoms with van der Waals surface area (Å²) in [5, 5.41) is 7.03. The van der Waals surface area contributed by atoms with E-state index in [9.17, 15) is 8.78 Å². The molecule has 7 heteroatoms. The van der Waals surface area contributed by atoms with Gasteiger partial charge in [-0.05, 0) is 48.3 Å². The number of thiocarbonyl (C=S) groups is 1. The molecule has 0 aromatic heterocycles. The standard InChI is InChI=1S/C20H22F2N2O2S/c21-19(22)26-16-10-8-15(9-11-16)18(14-5-2-1-3-6-14)24-20(27)23-13-17-7-4-12-25-17/h1-3,5-6,8-11,17-19H,4,7,12-13H2,(H2,23,24,27)/t17-,18-/m1/s1. The minimum Gasteiger partial charge on any atom is -0.435 e. The fraction of sp³-hybridized carbons (Fsp3) is 0.350. The van der Waals surface area contributed by atoms with Gasteiger partial charge in [-0.15, -0.1) is 0 Å². The van der Waals surface area contributed by atoms with Crippen molar-refractivity contribution in [3.63, 3.8) is 0 Å². The van der Waals surface area contributed by atoms with E-state index in [0.29, 0.717) is 11.7 Å². The molecule has 2 atom stereocenters. The van der Waals surface area contributed by atoms with Crippen LogP contribution in [0.3, 0.4) is 0 Å². The first-order valence-electron chi connectivity index (χ1n) is 8.87. The summed E-state index contributed by atoms with van der Waals surface area (Å²) >= 11 is 5.45. The summed E-state index contributed by atoms with van der Waals surface area (Å²) in [7, 11) is 0. The van der Waals surface area contributed by atoms with Crippen molar-refractivity contribution in [1.82, 2.24) is 10.6 Å². The van der Waals surface area contributed by atoms with Gasteiger partial charge in [0.25, 0.3) is 0 Å². The van der Waals surface area contributed by atoms with E-state index in [1.165, 1.54) is 12.1 Å². The van der Waals surface area contributed by atoms with Crippen molar-refractivity contribution in [3.8, 4) is 5.75 Å². The van der Waals surface area contributed by atoms with Crippen LogP contribution >= 0.6 is 12.2 Å². The second-order valence-electron chi connectivity index (χ2n) is 6.28. The largest absolute Gasteiger partial charge is 0.435 e. The fourth-order valence-electron chi connectivity index (χ4n) is 3.04. The summed E-state index contributed by atoms with van der Waals surface area (Å²) in [5.74, 6) is 0.125. The van der Waals surface area contributed by atoms with E-state index >= 15 is 0 Å². The molecule has 0 saturated carbocycles. The highest BCUT2D eigenvalue weighted by Crippen LogP contribution is 2.25. The van der Waals surface area contributed by atoms with E-state index in [4.69, 9.17) is 17.0 Å². The lowest BCUT2D eigenvalue weighted by atomic mass is 9.99. The number of alkyl halides is 2. The molecule has 0 amide bonds. The molecule has 144 valence electrons.